The van der Waals surface area contributed by atoms with Gasteiger partial charge in [-0.1, -0.05) is 30.3 Å². The number of rotatable bonds is 5. The number of nitrogens with zero attached hydrogens (tertiary/aromatic N) is 1. The number of hydrogen-bond donors (Lipinski definition) is 1. The number of carbonyl (C=O) groups is 1. The number of hydrogen-bond acceptors (Lipinski definition) is 5. The first-order chi connectivity index (χ1) is 9.70. The molecule has 0 aliphatic heterocycles. The predicted octanol–water partition coefficient (Wildman–Crippen LogP) is 2.73. The van der Waals surface area contributed by atoms with Crippen LogP contribution in [-0.2, 0) is 6.61 Å². The van der Waals surface area contributed by atoms with E-state index in [0.29, 0.717) is 5.75 Å². The summed E-state index contributed by atoms with van der Waals surface area (Å²) in [7, 11) is 1.45. The molecule has 2 aromatic rings. The molecule has 0 saturated carbocycles. The molecule has 0 unspecified atom stereocenters. The van der Waals surface area contributed by atoms with Gasteiger partial charge in [0.15, 0.2) is 5.75 Å². The minimum atomic E-state index is -1.46. The van der Waals surface area contributed by atoms with Gasteiger partial charge in [-0.25, -0.2) is 9.78 Å². The molecule has 6 nitrogen and oxygen atoms in total. The monoisotopic (exact) mass is 275 g/mol. The summed E-state index contributed by atoms with van der Waals surface area (Å²) in [6.07, 6.45) is -0.0812. The zero-order valence-corrected chi connectivity index (χ0v) is 10.8. The standard InChI is InChI=1S/C14H13NO5/c1-18-11-7-8-15-13(20-14(16)17)12(11)19-9-10-5-3-2-4-6-10/h2-8H,9H2,1H3,(H,16,17). The molecule has 2 rings (SSSR count). The van der Waals surface area contributed by atoms with Crippen LogP contribution in [0.1, 0.15) is 5.56 Å². The Morgan fingerprint density at radius 2 is 2.00 bits per heavy atom. The van der Waals surface area contributed by atoms with E-state index in [0.717, 1.165) is 5.56 Å². The summed E-state index contributed by atoms with van der Waals surface area (Å²) in [6, 6.07) is 11.0. The van der Waals surface area contributed by atoms with E-state index in [4.69, 9.17) is 14.6 Å². The Hall–Kier alpha value is -2.76. The summed E-state index contributed by atoms with van der Waals surface area (Å²) in [4.78, 5) is 14.5. The van der Waals surface area contributed by atoms with Gasteiger partial charge in [-0.3, -0.25) is 0 Å². The van der Waals surface area contributed by atoms with Crippen LogP contribution < -0.4 is 14.2 Å². The molecule has 0 amide bonds. The molecule has 1 aromatic carbocycles. The van der Waals surface area contributed by atoms with Crippen molar-refractivity contribution >= 4 is 6.16 Å². The molecule has 0 fully saturated rings. The van der Waals surface area contributed by atoms with Crippen LogP contribution in [0, 0.1) is 0 Å². The summed E-state index contributed by atoms with van der Waals surface area (Å²) in [5, 5.41) is 8.68. The fourth-order valence-electron chi connectivity index (χ4n) is 1.59. The lowest BCUT2D eigenvalue weighted by molar-refractivity contribution is 0.139. The van der Waals surface area contributed by atoms with Crippen molar-refractivity contribution in [1.82, 2.24) is 4.98 Å². The SMILES string of the molecule is COc1ccnc(OC(=O)O)c1OCc1ccccc1. The first-order valence-electron chi connectivity index (χ1n) is 5.81. The fourth-order valence-corrected chi connectivity index (χ4v) is 1.59. The second-order valence-electron chi connectivity index (χ2n) is 3.79. The second-order valence-corrected chi connectivity index (χ2v) is 3.79. The van der Waals surface area contributed by atoms with E-state index >= 15 is 0 Å². The molecule has 0 spiro atoms. The zero-order chi connectivity index (χ0) is 14.4. The number of aromatic nitrogens is 1. The average molecular weight is 275 g/mol. The summed E-state index contributed by atoms with van der Waals surface area (Å²) >= 11 is 0. The molecule has 20 heavy (non-hydrogen) atoms. The third-order valence-corrected chi connectivity index (χ3v) is 2.47. The van der Waals surface area contributed by atoms with Crippen LogP contribution in [0.5, 0.6) is 17.4 Å². The lowest BCUT2D eigenvalue weighted by atomic mass is 10.2. The van der Waals surface area contributed by atoms with Crippen molar-refractivity contribution in [1.29, 1.82) is 0 Å². The van der Waals surface area contributed by atoms with E-state index in [1.807, 2.05) is 30.3 Å². The minimum absolute atomic E-state index is 0.146. The molecule has 0 aliphatic carbocycles. The maximum Gasteiger partial charge on any atom is 0.512 e. The van der Waals surface area contributed by atoms with E-state index in [1.165, 1.54) is 13.3 Å². The Morgan fingerprint density at radius 3 is 2.65 bits per heavy atom. The van der Waals surface area contributed by atoms with Gasteiger partial charge in [-0.05, 0) is 5.56 Å². The molecule has 6 heteroatoms. The fraction of sp³-hybridized carbons (Fsp3) is 0.143. The number of benzene rings is 1. The Balaban J connectivity index is 2.21. The normalized spacial score (nSPS) is 9.85. The topological polar surface area (TPSA) is 77.9 Å². The molecule has 0 bridgehead atoms. The van der Waals surface area contributed by atoms with E-state index < -0.39 is 6.16 Å². The van der Waals surface area contributed by atoms with Crippen LogP contribution in [0.25, 0.3) is 0 Å². The van der Waals surface area contributed by atoms with Gasteiger partial charge in [0.25, 0.3) is 5.88 Å². The van der Waals surface area contributed by atoms with Crippen molar-refractivity contribution in [2.75, 3.05) is 7.11 Å². The number of pyridine rings is 1. The minimum Gasteiger partial charge on any atom is -0.493 e. The van der Waals surface area contributed by atoms with E-state index in [-0.39, 0.29) is 18.2 Å². The van der Waals surface area contributed by atoms with Gasteiger partial charge >= 0.3 is 6.16 Å². The van der Waals surface area contributed by atoms with E-state index in [1.54, 1.807) is 6.07 Å². The number of ether oxygens (including phenoxy) is 3. The summed E-state index contributed by atoms with van der Waals surface area (Å²) in [6.45, 7) is 0.249. The maximum absolute atomic E-state index is 10.6. The van der Waals surface area contributed by atoms with Crippen molar-refractivity contribution in [2.24, 2.45) is 0 Å². The van der Waals surface area contributed by atoms with Gasteiger partial charge < -0.3 is 19.3 Å². The van der Waals surface area contributed by atoms with Crippen molar-refractivity contribution in [3.8, 4) is 17.4 Å². The highest BCUT2D eigenvalue weighted by molar-refractivity contribution is 5.63. The zero-order valence-electron chi connectivity index (χ0n) is 10.8. The van der Waals surface area contributed by atoms with Crippen molar-refractivity contribution < 1.29 is 24.1 Å². The van der Waals surface area contributed by atoms with Crippen LogP contribution in [0.2, 0.25) is 0 Å². The number of carboxylic acid groups (broad SMARTS) is 1. The molecule has 0 aliphatic rings. The predicted molar refractivity (Wildman–Crippen MR) is 70.2 cm³/mol. The lowest BCUT2D eigenvalue weighted by Gasteiger charge is -2.12. The van der Waals surface area contributed by atoms with Crippen LogP contribution in [0.4, 0.5) is 4.79 Å². The van der Waals surface area contributed by atoms with Crippen molar-refractivity contribution in [3.05, 3.63) is 48.2 Å². The first-order valence-corrected chi connectivity index (χ1v) is 5.81. The van der Waals surface area contributed by atoms with Crippen molar-refractivity contribution in [2.45, 2.75) is 6.61 Å². The Kier molecular flexibility index (Phi) is 4.39. The van der Waals surface area contributed by atoms with E-state index in [2.05, 4.69) is 9.72 Å². The lowest BCUT2D eigenvalue weighted by Crippen LogP contribution is -2.07. The molecule has 1 aromatic heterocycles. The summed E-state index contributed by atoms with van der Waals surface area (Å²) in [5.41, 5.74) is 0.930. The summed E-state index contributed by atoms with van der Waals surface area (Å²) in [5.74, 6) is 0.362. The van der Waals surface area contributed by atoms with Gasteiger partial charge in [0, 0.05) is 12.3 Å². The molecule has 1 heterocycles. The van der Waals surface area contributed by atoms with Gasteiger partial charge in [0.1, 0.15) is 6.61 Å². The Morgan fingerprint density at radius 1 is 1.25 bits per heavy atom. The Bertz CT molecular complexity index is 585. The van der Waals surface area contributed by atoms with Crippen molar-refractivity contribution in [3.63, 3.8) is 0 Å². The number of methoxy groups -OCH3 is 1. The Labute approximate surface area is 115 Å². The average Bonchev–Trinajstić information content (AvgIpc) is 2.46. The molecular weight excluding hydrogens is 262 g/mol. The molecule has 0 radical (unpaired) electrons. The third-order valence-electron chi connectivity index (χ3n) is 2.47. The van der Waals surface area contributed by atoms with Crippen LogP contribution in [0.3, 0.4) is 0 Å². The molecule has 0 saturated heterocycles. The highest BCUT2D eigenvalue weighted by Crippen LogP contribution is 2.35. The van der Waals surface area contributed by atoms with E-state index in [9.17, 15) is 4.79 Å². The largest absolute Gasteiger partial charge is 0.512 e. The van der Waals surface area contributed by atoms with Crippen LogP contribution in [-0.4, -0.2) is 23.4 Å². The smallest absolute Gasteiger partial charge is 0.493 e. The maximum atomic E-state index is 10.6. The highest BCUT2D eigenvalue weighted by atomic mass is 16.7. The third kappa shape index (κ3) is 3.38. The van der Waals surface area contributed by atoms with Gasteiger partial charge in [0.2, 0.25) is 5.75 Å². The molecule has 0 atom stereocenters. The first kappa shape index (κ1) is 13.7. The molecular formula is C14H13NO5. The van der Waals surface area contributed by atoms with Gasteiger partial charge in [0.05, 0.1) is 7.11 Å². The molecule has 1 N–H and O–H groups in total. The second kappa shape index (κ2) is 6.42. The van der Waals surface area contributed by atoms with Gasteiger partial charge in [-0.2, -0.15) is 0 Å². The van der Waals surface area contributed by atoms with Gasteiger partial charge in [-0.15, -0.1) is 0 Å². The molecule has 104 valence electrons. The van der Waals surface area contributed by atoms with Crippen LogP contribution in [0.15, 0.2) is 42.6 Å². The quantitative estimate of drug-likeness (QED) is 0.845. The summed E-state index contributed by atoms with van der Waals surface area (Å²) < 4.78 is 15.3. The highest BCUT2D eigenvalue weighted by Gasteiger charge is 2.16. The van der Waals surface area contributed by atoms with Crippen LogP contribution >= 0.6 is 0 Å².